The van der Waals surface area contributed by atoms with Crippen LogP contribution in [0.5, 0.6) is 0 Å². The fourth-order valence-corrected chi connectivity index (χ4v) is 2.24. The topological polar surface area (TPSA) is 38.9 Å². The van der Waals surface area contributed by atoms with E-state index in [2.05, 4.69) is 4.98 Å². The van der Waals surface area contributed by atoms with Crippen LogP contribution >= 0.6 is 0 Å². The normalized spacial score (nSPS) is 10.8. The molecule has 0 saturated carbocycles. The number of benzene rings is 2. The Labute approximate surface area is 110 Å². The number of aromatic nitrogens is 1. The van der Waals surface area contributed by atoms with E-state index in [-0.39, 0.29) is 12.4 Å². The summed E-state index contributed by atoms with van der Waals surface area (Å²) in [6.45, 7) is 0.212. The van der Waals surface area contributed by atoms with E-state index in [0.717, 1.165) is 22.0 Å². The molecule has 0 amide bonds. The Morgan fingerprint density at radius 1 is 1.05 bits per heavy atom. The number of rotatable bonds is 2. The highest BCUT2D eigenvalue weighted by molar-refractivity contribution is 5.94. The van der Waals surface area contributed by atoms with Crippen LogP contribution in [0.15, 0.2) is 54.7 Å². The van der Waals surface area contributed by atoms with Crippen molar-refractivity contribution in [2.24, 2.45) is 5.73 Å². The maximum absolute atomic E-state index is 13.8. The van der Waals surface area contributed by atoms with Crippen molar-refractivity contribution in [3.8, 4) is 11.1 Å². The summed E-state index contributed by atoms with van der Waals surface area (Å²) in [7, 11) is 0. The van der Waals surface area contributed by atoms with Crippen LogP contribution in [-0.2, 0) is 6.54 Å². The van der Waals surface area contributed by atoms with Gasteiger partial charge in [0.1, 0.15) is 5.82 Å². The summed E-state index contributed by atoms with van der Waals surface area (Å²) in [6, 6.07) is 14.9. The van der Waals surface area contributed by atoms with Crippen molar-refractivity contribution >= 4 is 10.9 Å². The third-order valence-corrected chi connectivity index (χ3v) is 3.23. The van der Waals surface area contributed by atoms with Gasteiger partial charge in [-0.1, -0.05) is 30.3 Å². The summed E-state index contributed by atoms with van der Waals surface area (Å²) in [5.74, 6) is -0.263. The number of hydrogen-bond acceptors (Lipinski definition) is 2. The molecule has 0 radical (unpaired) electrons. The minimum Gasteiger partial charge on any atom is -0.326 e. The minimum absolute atomic E-state index is 0.212. The number of halogens is 1. The second kappa shape index (κ2) is 4.78. The van der Waals surface area contributed by atoms with Crippen molar-refractivity contribution in [1.29, 1.82) is 0 Å². The lowest BCUT2D eigenvalue weighted by Crippen LogP contribution is -1.99. The number of nitrogens with two attached hydrogens (primary N) is 1. The summed E-state index contributed by atoms with van der Waals surface area (Å²) in [5, 5.41) is 1.02. The molecule has 2 aromatic carbocycles. The van der Waals surface area contributed by atoms with Gasteiger partial charge in [-0.2, -0.15) is 0 Å². The predicted molar refractivity (Wildman–Crippen MR) is 75.0 cm³/mol. The molecule has 0 aliphatic carbocycles. The van der Waals surface area contributed by atoms with Gasteiger partial charge in [0.25, 0.3) is 0 Å². The molecule has 2 nitrogen and oxygen atoms in total. The summed E-state index contributed by atoms with van der Waals surface area (Å²) in [4.78, 5) is 4.31. The van der Waals surface area contributed by atoms with Gasteiger partial charge in [0, 0.05) is 23.7 Å². The summed E-state index contributed by atoms with van der Waals surface area (Å²) in [5.41, 5.74) is 8.74. The van der Waals surface area contributed by atoms with Crippen LogP contribution < -0.4 is 5.73 Å². The fraction of sp³-hybridized carbons (Fsp3) is 0.0625. The summed E-state index contributed by atoms with van der Waals surface area (Å²) < 4.78 is 13.8. The van der Waals surface area contributed by atoms with Gasteiger partial charge in [0.05, 0.1) is 5.52 Å². The molecule has 0 bridgehead atoms. The molecule has 2 N–H and O–H groups in total. The Morgan fingerprint density at radius 2 is 1.95 bits per heavy atom. The molecule has 0 spiro atoms. The van der Waals surface area contributed by atoms with Gasteiger partial charge in [0.15, 0.2) is 0 Å². The average molecular weight is 252 g/mol. The third kappa shape index (κ3) is 2.09. The van der Waals surface area contributed by atoms with Crippen LogP contribution in [0.1, 0.15) is 5.56 Å². The number of hydrogen-bond donors (Lipinski definition) is 1. The highest BCUT2D eigenvalue weighted by Gasteiger charge is 2.07. The van der Waals surface area contributed by atoms with Gasteiger partial charge in [0.2, 0.25) is 0 Å². The lowest BCUT2D eigenvalue weighted by molar-refractivity contribution is 0.611. The summed E-state index contributed by atoms with van der Waals surface area (Å²) in [6.07, 6.45) is 1.75. The SMILES string of the molecule is NCc1ccc(-c2cccc3ncccc23)cc1F. The van der Waals surface area contributed by atoms with Crippen molar-refractivity contribution in [3.05, 3.63) is 66.1 Å². The van der Waals surface area contributed by atoms with Crippen LogP contribution in [0.2, 0.25) is 0 Å². The quantitative estimate of drug-likeness (QED) is 0.758. The maximum Gasteiger partial charge on any atom is 0.128 e. The average Bonchev–Trinajstić information content (AvgIpc) is 2.46. The van der Waals surface area contributed by atoms with Gasteiger partial charge in [-0.25, -0.2) is 4.39 Å². The molecule has 94 valence electrons. The molecular weight excluding hydrogens is 239 g/mol. The number of fused-ring (bicyclic) bond motifs is 1. The number of pyridine rings is 1. The zero-order valence-electron chi connectivity index (χ0n) is 10.3. The zero-order chi connectivity index (χ0) is 13.2. The van der Waals surface area contributed by atoms with Gasteiger partial charge in [-0.15, -0.1) is 0 Å². The van der Waals surface area contributed by atoms with E-state index in [1.165, 1.54) is 6.07 Å². The van der Waals surface area contributed by atoms with Crippen LogP contribution in [0.3, 0.4) is 0 Å². The van der Waals surface area contributed by atoms with Gasteiger partial charge < -0.3 is 5.73 Å². The van der Waals surface area contributed by atoms with E-state index >= 15 is 0 Å². The van der Waals surface area contributed by atoms with Crippen LogP contribution in [0.4, 0.5) is 4.39 Å². The predicted octanol–water partition coefficient (Wildman–Crippen LogP) is 3.50. The third-order valence-electron chi connectivity index (χ3n) is 3.23. The van der Waals surface area contributed by atoms with Crippen LogP contribution in [0.25, 0.3) is 22.0 Å². The Kier molecular flexibility index (Phi) is 2.97. The molecule has 0 unspecified atom stereocenters. The maximum atomic E-state index is 13.8. The van der Waals surface area contributed by atoms with E-state index in [4.69, 9.17) is 5.73 Å². The molecule has 0 atom stereocenters. The van der Waals surface area contributed by atoms with E-state index < -0.39 is 0 Å². The van der Waals surface area contributed by atoms with Crippen molar-refractivity contribution in [1.82, 2.24) is 4.98 Å². The molecule has 0 fully saturated rings. The smallest absolute Gasteiger partial charge is 0.128 e. The first-order valence-electron chi connectivity index (χ1n) is 6.12. The second-order valence-corrected chi connectivity index (χ2v) is 4.39. The molecule has 0 aliphatic rings. The first kappa shape index (κ1) is 11.8. The van der Waals surface area contributed by atoms with E-state index in [0.29, 0.717) is 5.56 Å². The van der Waals surface area contributed by atoms with E-state index in [1.807, 2.05) is 36.4 Å². The molecule has 0 saturated heterocycles. The molecule has 1 heterocycles. The van der Waals surface area contributed by atoms with Gasteiger partial charge >= 0.3 is 0 Å². The van der Waals surface area contributed by atoms with Gasteiger partial charge in [-0.3, -0.25) is 4.98 Å². The van der Waals surface area contributed by atoms with Crippen LogP contribution in [0, 0.1) is 5.82 Å². The zero-order valence-corrected chi connectivity index (χ0v) is 10.3. The highest BCUT2D eigenvalue weighted by Crippen LogP contribution is 2.28. The first-order valence-corrected chi connectivity index (χ1v) is 6.12. The van der Waals surface area contributed by atoms with E-state index in [1.54, 1.807) is 12.3 Å². The number of nitrogens with zero attached hydrogens (tertiary/aromatic N) is 1. The van der Waals surface area contributed by atoms with Crippen molar-refractivity contribution in [2.45, 2.75) is 6.54 Å². The Bertz CT molecular complexity index is 732. The Morgan fingerprint density at radius 3 is 2.74 bits per heavy atom. The monoisotopic (exact) mass is 252 g/mol. The molecule has 3 rings (SSSR count). The molecule has 0 aliphatic heterocycles. The summed E-state index contributed by atoms with van der Waals surface area (Å²) >= 11 is 0. The minimum atomic E-state index is -0.263. The molecule has 19 heavy (non-hydrogen) atoms. The molecule has 3 aromatic rings. The first-order chi connectivity index (χ1) is 9.29. The standard InChI is InChI=1S/C16H13FN2/c17-15-9-11(6-7-12(15)10-18)13-3-1-5-16-14(13)4-2-8-19-16/h1-9H,10,18H2. The van der Waals surface area contributed by atoms with Crippen molar-refractivity contribution in [3.63, 3.8) is 0 Å². The largest absolute Gasteiger partial charge is 0.326 e. The lowest BCUT2D eigenvalue weighted by Gasteiger charge is -2.08. The van der Waals surface area contributed by atoms with Crippen molar-refractivity contribution < 1.29 is 4.39 Å². The van der Waals surface area contributed by atoms with Crippen molar-refractivity contribution in [2.75, 3.05) is 0 Å². The molecular formula is C16H13FN2. The second-order valence-electron chi connectivity index (χ2n) is 4.39. The highest BCUT2D eigenvalue weighted by atomic mass is 19.1. The van der Waals surface area contributed by atoms with E-state index in [9.17, 15) is 4.39 Å². The molecule has 3 heteroatoms. The Balaban J connectivity index is 2.22. The fourth-order valence-electron chi connectivity index (χ4n) is 2.24. The lowest BCUT2D eigenvalue weighted by atomic mass is 9.99. The van der Waals surface area contributed by atoms with Crippen LogP contribution in [-0.4, -0.2) is 4.98 Å². The van der Waals surface area contributed by atoms with Gasteiger partial charge in [-0.05, 0) is 29.3 Å². The Hall–Kier alpha value is -2.26. The molecule has 1 aromatic heterocycles.